The summed E-state index contributed by atoms with van der Waals surface area (Å²) in [7, 11) is 0. The number of rotatable bonds is 3. The number of hydrogen-bond acceptors (Lipinski definition) is 1. The van der Waals surface area contributed by atoms with Crippen molar-refractivity contribution >= 4 is 0 Å². The molecule has 8 heavy (non-hydrogen) atoms. The summed E-state index contributed by atoms with van der Waals surface area (Å²) in [5.41, 5.74) is 0. The van der Waals surface area contributed by atoms with E-state index in [0.717, 1.165) is 0 Å². The fourth-order valence-corrected chi connectivity index (χ4v) is 0.485. The molecule has 0 saturated heterocycles. The molecule has 0 N–H and O–H groups in total. The molecule has 1 atom stereocenters. The molecule has 0 aromatic rings. The lowest BCUT2D eigenvalue weighted by atomic mass is 10.4. The largest absolute Gasteiger partial charge is 0.372 e. The third-order valence-corrected chi connectivity index (χ3v) is 0.819. The van der Waals surface area contributed by atoms with E-state index >= 15 is 0 Å². The summed E-state index contributed by atoms with van der Waals surface area (Å²) in [4.78, 5) is 0. The van der Waals surface area contributed by atoms with Gasteiger partial charge in [0.15, 0.2) is 0 Å². The molecule has 0 aliphatic carbocycles. The van der Waals surface area contributed by atoms with E-state index in [1.807, 2.05) is 20.8 Å². The second-order valence-corrected chi connectivity index (χ2v) is 2.13. The first kappa shape index (κ1) is 7.70. The van der Waals surface area contributed by atoms with Crippen LogP contribution in [0.1, 0.15) is 20.8 Å². The van der Waals surface area contributed by atoms with E-state index < -0.39 is 0 Å². The lowest BCUT2D eigenvalue weighted by Crippen LogP contribution is -2.10. The van der Waals surface area contributed by atoms with Gasteiger partial charge in [0, 0.05) is 0 Å². The minimum atomic E-state index is 0.190. The summed E-state index contributed by atoms with van der Waals surface area (Å²) in [6.45, 7) is 9.60. The van der Waals surface area contributed by atoms with Gasteiger partial charge in [0.25, 0.3) is 0 Å². The van der Waals surface area contributed by atoms with Crippen molar-refractivity contribution in [3.05, 3.63) is 12.7 Å². The van der Waals surface area contributed by atoms with E-state index in [9.17, 15) is 0 Å². The van der Waals surface area contributed by atoms with Gasteiger partial charge in [0.1, 0.15) is 0 Å². The van der Waals surface area contributed by atoms with E-state index in [-0.39, 0.29) is 6.10 Å². The van der Waals surface area contributed by atoms with Crippen molar-refractivity contribution in [1.29, 1.82) is 0 Å². The van der Waals surface area contributed by atoms with Gasteiger partial charge in [-0.15, -0.1) is 6.58 Å². The van der Waals surface area contributed by atoms with E-state index in [1.165, 1.54) is 0 Å². The summed E-state index contributed by atoms with van der Waals surface area (Å²) in [6, 6.07) is 0. The molecule has 48 valence electrons. The maximum atomic E-state index is 5.28. The van der Waals surface area contributed by atoms with Crippen LogP contribution in [-0.2, 0) is 4.74 Å². The molecule has 1 nitrogen and oxygen atoms in total. The minimum Gasteiger partial charge on any atom is -0.372 e. The summed E-state index contributed by atoms with van der Waals surface area (Å²) < 4.78 is 5.28. The van der Waals surface area contributed by atoms with Crippen molar-refractivity contribution in [3.63, 3.8) is 0 Å². The van der Waals surface area contributed by atoms with Crippen molar-refractivity contribution < 1.29 is 4.74 Å². The van der Waals surface area contributed by atoms with Crippen molar-refractivity contribution in [3.8, 4) is 0 Å². The van der Waals surface area contributed by atoms with Crippen LogP contribution in [0.2, 0.25) is 0 Å². The highest BCUT2D eigenvalue weighted by molar-refractivity contribution is 4.75. The Morgan fingerprint density at radius 3 is 2.00 bits per heavy atom. The van der Waals surface area contributed by atoms with Crippen LogP contribution in [0.4, 0.5) is 0 Å². The van der Waals surface area contributed by atoms with Crippen LogP contribution in [0, 0.1) is 0 Å². The number of ether oxygens (including phenoxy) is 1. The topological polar surface area (TPSA) is 9.23 Å². The zero-order valence-corrected chi connectivity index (χ0v) is 5.85. The first-order valence-corrected chi connectivity index (χ1v) is 2.95. The highest BCUT2D eigenvalue weighted by Gasteiger charge is 1.96. The highest BCUT2D eigenvalue weighted by atomic mass is 16.5. The Labute approximate surface area is 51.4 Å². The molecule has 0 aliphatic heterocycles. The third kappa shape index (κ3) is 3.88. The van der Waals surface area contributed by atoms with E-state index in [1.54, 1.807) is 6.08 Å². The number of hydrogen-bond donors (Lipinski definition) is 0. The van der Waals surface area contributed by atoms with Crippen molar-refractivity contribution in [1.82, 2.24) is 0 Å². The lowest BCUT2D eigenvalue weighted by Gasteiger charge is -2.10. The molecular formula is C7H14O. The highest BCUT2D eigenvalue weighted by Crippen LogP contribution is 1.95. The maximum Gasteiger partial charge on any atom is 0.0728 e. The van der Waals surface area contributed by atoms with Crippen LogP contribution in [0.15, 0.2) is 12.7 Å². The molecule has 0 aliphatic rings. The second kappa shape index (κ2) is 3.67. The second-order valence-electron chi connectivity index (χ2n) is 2.13. The van der Waals surface area contributed by atoms with E-state index in [2.05, 4.69) is 6.58 Å². The van der Waals surface area contributed by atoms with Crippen molar-refractivity contribution in [2.24, 2.45) is 0 Å². The molecule has 0 heterocycles. The molecule has 0 radical (unpaired) electrons. The molecule has 0 spiro atoms. The van der Waals surface area contributed by atoms with Gasteiger partial charge in [-0.1, -0.05) is 6.08 Å². The van der Waals surface area contributed by atoms with Gasteiger partial charge < -0.3 is 4.74 Å². The SMILES string of the molecule is C=CC(C)OC(C)C. The standard InChI is InChI=1S/C7H14O/c1-5-7(4)8-6(2)3/h5-7H,1H2,2-4H3. The molecule has 0 fully saturated rings. The van der Waals surface area contributed by atoms with Crippen LogP contribution >= 0.6 is 0 Å². The molecule has 0 amide bonds. The Morgan fingerprint density at radius 2 is 1.88 bits per heavy atom. The van der Waals surface area contributed by atoms with Gasteiger partial charge in [-0.05, 0) is 20.8 Å². The summed E-state index contributed by atoms with van der Waals surface area (Å²) in [5.74, 6) is 0. The van der Waals surface area contributed by atoms with Crippen molar-refractivity contribution in [2.45, 2.75) is 33.0 Å². The average molecular weight is 114 g/mol. The van der Waals surface area contributed by atoms with E-state index in [0.29, 0.717) is 6.10 Å². The first-order chi connectivity index (χ1) is 3.66. The fourth-order valence-electron chi connectivity index (χ4n) is 0.485. The smallest absolute Gasteiger partial charge is 0.0728 e. The predicted octanol–water partition coefficient (Wildman–Crippen LogP) is 1.99. The molecule has 0 aromatic heterocycles. The normalized spacial score (nSPS) is 14.0. The first-order valence-electron chi connectivity index (χ1n) is 2.95. The maximum absolute atomic E-state index is 5.28. The Balaban J connectivity index is 3.23. The van der Waals surface area contributed by atoms with Crippen LogP contribution in [0.25, 0.3) is 0 Å². The molecule has 1 heteroatoms. The Morgan fingerprint density at radius 1 is 1.38 bits per heavy atom. The quantitative estimate of drug-likeness (QED) is 0.510. The Bertz CT molecular complexity index is 66.8. The molecular weight excluding hydrogens is 100 g/mol. The van der Waals surface area contributed by atoms with Gasteiger partial charge in [0.05, 0.1) is 12.2 Å². The third-order valence-electron chi connectivity index (χ3n) is 0.819. The zero-order valence-electron chi connectivity index (χ0n) is 5.85. The molecule has 1 unspecified atom stereocenters. The Kier molecular flexibility index (Phi) is 3.53. The van der Waals surface area contributed by atoms with E-state index in [4.69, 9.17) is 4.74 Å². The summed E-state index contributed by atoms with van der Waals surface area (Å²) in [6.07, 6.45) is 2.29. The lowest BCUT2D eigenvalue weighted by molar-refractivity contribution is 0.0463. The molecule has 0 saturated carbocycles. The van der Waals surface area contributed by atoms with Gasteiger partial charge >= 0.3 is 0 Å². The van der Waals surface area contributed by atoms with Crippen LogP contribution in [0.3, 0.4) is 0 Å². The summed E-state index contributed by atoms with van der Waals surface area (Å²) in [5, 5.41) is 0. The van der Waals surface area contributed by atoms with Crippen LogP contribution in [-0.4, -0.2) is 12.2 Å². The van der Waals surface area contributed by atoms with Crippen molar-refractivity contribution in [2.75, 3.05) is 0 Å². The molecule has 0 bridgehead atoms. The minimum absolute atomic E-state index is 0.190. The molecule has 0 rings (SSSR count). The Hall–Kier alpha value is -0.300. The monoisotopic (exact) mass is 114 g/mol. The molecule has 0 aromatic carbocycles. The average Bonchev–Trinajstić information content (AvgIpc) is 1.65. The van der Waals surface area contributed by atoms with Crippen LogP contribution < -0.4 is 0 Å². The summed E-state index contributed by atoms with van der Waals surface area (Å²) >= 11 is 0. The van der Waals surface area contributed by atoms with Crippen LogP contribution in [0.5, 0.6) is 0 Å². The fraction of sp³-hybridized carbons (Fsp3) is 0.714. The zero-order chi connectivity index (χ0) is 6.57. The van der Waals surface area contributed by atoms with Gasteiger partial charge in [-0.25, -0.2) is 0 Å². The van der Waals surface area contributed by atoms with Gasteiger partial charge in [-0.3, -0.25) is 0 Å². The van der Waals surface area contributed by atoms with Gasteiger partial charge in [-0.2, -0.15) is 0 Å². The van der Waals surface area contributed by atoms with Gasteiger partial charge in [0.2, 0.25) is 0 Å². The predicted molar refractivity (Wildman–Crippen MR) is 35.9 cm³/mol.